The van der Waals surface area contributed by atoms with Crippen molar-refractivity contribution in [1.82, 2.24) is 0 Å². The summed E-state index contributed by atoms with van der Waals surface area (Å²) in [5.74, 6) is -1.18. The molecule has 0 unspecified atom stereocenters. The Balaban J connectivity index is 1.68. The molecule has 1 heterocycles. The third-order valence-electron chi connectivity index (χ3n) is 6.18. The number of nitrogens with zero attached hydrogens (tertiary/aromatic N) is 3. The second-order valence-electron chi connectivity index (χ2n) is 7.89. The Morgan fingerprint density at radius 2 is 2.00 bits per heavy atom. The summed E-state index contributed by atoms with van der Waals surface area (Å²) >= 11 is 5.99. The maximum Gasteiger partial charge on any atom is 0.192 e. The largest absolute Gasteiger partial charge is 0.484 e. The Labute approximate surface area is 189 Å². The van der Waals surface area contributed by atoms with E-state index in [-0.39, 0.29) is 23.3 Å². The number of rotatable bonds is 4. The number of hydrogen-bond acceptors (Lipinski definition) is 6. The predicted molar refractivity (Wildman–Crippen MR) is 113 cm³/mol. The van der Waals surface area contributed by atoms with Crippen LogP contribution in [-0.4, -0.2) is 5.71 Å². The molecule has 0 radical (unpaired) electrons. The van der Waals surface area contributed by atoms with Gasteiger partial charge in [0, 0.05) is 0 Å². The fraction of sp³-hybridized carbons (Fsp3) is 0.333. The van der Waals surface area contributed by atoms with Crippen molar-refractivity contribution in [3.8, 4) is 24.0 Å². The fourth-order valence-electron chi connectivity index (χ4n) is 4.69. The van der Waals surface area contributed by atoms with Crippen molar-refractivity contribution in [1.29, 1.82) is 21.2 Å². The third-order valence-corrected chi connectivity index (χ3v) is 6.47. The molecule has 0 bridgehead atoms. The van der Waals surface area contributed by atoms with Crippen LogP contribution in [0.15, 0.2) is 46.4 Å². The molecule has 0 aliphatic heterocycles. The van der Waals surface area contributed by atoms with E-state index in [2.05, 4.69) is 6.07 Å². The second kappa shape index (κ2) is 8.50. The Hall–Kier alpha value is -3.60. The minimum absolute atomic E-state index is 0.00973. The Morgan fingerprint density at radius 3 is 2.69 bits per heavy atom. The van der Waals surface area contributed by atoms with E-state index in [0.29, 0.717) is 23.7 Å². The van der Waals surface area contributed by atoms with Gasteiger partial charge in [0.05, 0.1) is 34.9 Å². The molecule has 1 N–H and O–H groups in total. The predicted octanol–water partition coefficient (Wildman–Crippen LogP) is 5.67. The highest BCUT2D eigenvalue weighted by atomic mass is 35.5. The quantitative estimate of drug-likeness (QED) is 0.604. The average molecular weight is 449 g/mol. The normalized spacial score (nSPS) is 23.8. The Bertz CT molecular complexity index is 1220. The molecule has 32 heavy (non-hydrogen) atoms. The van der Waals surface area contributed by atoms with Crippen LogP contribution in [0.2, 0.25) is 5.02 Å². The number of hydrogen-bond donors (Lipinski definition) is 1. The van der Waals surface area contributed by atoms with Gasteiger partial charge in [-0.25, -0.2) is 4.39 Å². The van der Waals surface area contributed by atoms with E-state index in [1.807, 2.05) is 18.2 Å². The minimum atomic E-state index is -1.80. The molecule has 4 rings (SSSR count). The lowest BCUT2D eigenvalue weighted by atomic mass is 9.54. The van der Waals surface area contributed by atoms with Crippen molar-refractivity contribution in [2.45, 2.75) is 31.8 Å². The molecule has 1 saturated carbocycles. The molecule has 6 nitrogen and oxygen atoms in total. The number of benzene rings is 1. The summed E-state index contributed by atoms with van der Waals surface area (Å²) in [6.07, 6.45) is 4.32. The average Bonchev–Trinajstić information content (AvgIpc) is 3.26. The van der Waals surface area contributed by atoms with E-state index < -0.39 is 23.1 Å². The highest BCUT2D eigenvalue weighted by Crippen LogP contribution is 2.55. The van der Waals surface area contributed by atoms with Crippen LogP contribution in [0.4, 0.5) is 4.39 Å². The molecule has 0 amide bonds. The number of fused-ring (bicyclic) bond motifs is 1. The Kier molecular flexibility index (Phi) is 5.74. The topological polar surface area (TPSA) is 118 Å². The second-order valence-corrected chi connectivity index (χ2v) is 8.30. The number of ether oxygens (including phenoxy) is 1. The van der Waals surface area contributed by atoms with E-state index in [4.69, 9.17) is 26.2 Å². The molecule has 0 saturated heterocycles. The van der Waals surface area contributed by atoms with E-state index in [0.717, 1.165) is 24.5 Å². The van der Waals surface area contributed by atoms with Gasteiger partial charge in [-0.1, -0.05) is 17.7 Å². The lowest BCUT2D eigenvalue weighted by Crippen LogP contribution is -2.48. The van der Waals surface area contributed by atoms with Gasteiger partial charge < -0.3 is 14.6 Å². The zero-order valence-electron chi connectivity index (χ0n) is 16.9. The number of nitrogens with one attached hydrogen (secondary N) is 1. The number of nitriles is 3. The molecule has 3 atom stereocenters. The summed E-state index contributed by atoms with van der Waals surface area (Å²) in [5.41, 5.74) is -1.20. The standard InChI is InChI=1S/C24H18ClFN4O2/c25-19-9-14(26)5-7-20(19)31-11-15-6-8-21(32-15)22-17-4-2-1-3-16(17)18(10-27)23(30)24(22,12-28)13-29/h3,5-9,17-18,22,30H,1-2,4,11H2/t17-,18+,22-/m1/s1. The summed E-state index contributed by atoms with van der Waals surface area (Å²) in [4.78, 5) is 0. The van der Waals surface area contributed by atoms with Crippen molar-refractivity contribution < 1.29 is 13.5 Å². The molecule has 1 fully saturated rings. The van der Waals surface area contributed by atoms with Crippen molar-refractivity contribution in [2.75, 3.05) is 0 Å². The smallest absolute Gasteiger partial charge is 0.192 e. The first-order valence-corrected chi connectivity index (χ1v) is 10.5. The van der Waals surface area contributed by atoms with Crippen LogP contribution >= 0.6 is 11.6 Å². The van der Waals surface area contributed by atoms with Gasteiger partial charge in [-0.2, -0.15) is 15.8 Å². The lowest BCUT2D eigenvalue weighted by molar-refractivity contribution is 0.240. The van der Waals surface area contributed by atoms with Crippen LogP contribution in [0.3, 0.4) is 0 Å². The van der Waals surface area contributed by atoms with Crippen LogP contribution in [0.5, 0.6) is 5.75 Å². The van der Waals surface area contributed by atoms with Crippen LogP contribution in [0, 0.1) is 62.5 Å². The van der Waals surface area contributed by atoms with Gasteiger partial charge >= 0.3 is 0 Å². The first kappa shape index (κ1) is 21.6. The van der Waals surface area contributed by atoms with Gasteiger partial charge in [0.15, 0.2) is 5.41 Å². The molecule has 8 heteroatoms. The van der Waals surface area contributed by atoms with Gasteiger partial charge in [0.2, 0.25) is 0 Å². The van der Waals surface area contributed by atoms with Crippen molar-refractivity contribution >= 4 is 17.3 Å². The van der Waals surface area contributed by atoms with Crippen molar-refractivity contribution in [3.63, 3.8) is 0 Å². The zero-order chi connectivity index (χ0) is 22.9. The minimum Gasteiger partial charge on any atom is -0.484 e. The highest BCUT2D eigenvalue weighted by Gasteiger charge is 2.58. The highest BCUT2D eigenvalue weighted by molar-refractivity contribution is 6.32. The fourth-order valence-corrected chi connectivity index (χ4v) is 4.92. The molecule has 1 aromatic heterocycles. The van der Waals surface area contributed by atoms with Gasteiger partial charge in [-0.15, -0.1) is 0 Å². The molecule has 2 aliphatic carbocycles. The summed E-state index contributed by atoms with van der Waals surface area (Å²) < 4.78 is 24.8. The summed E-state index contributed by atoms with van der Waals surface area (Å²) in [6.45, 7) is 0.00973. The van der Waals surface area contributed by atoms with E-state index in [9.17, 15) is 20.2 Å². The SMILES string of the molecule is N#C[C@@H]1C(=N)C(C#N)(C#N)[C@@H](c2ccc(COc3ccc(F)cc3Cl)o2)[C@@H]2CCCC=C12. The zero-order valence-corrected chi connectivity index (χ0v) is 17.7. The maximum atomic E-state index is 13.2. The monoisotopic (exact) mass is 448 g/mol. The van der Waals surface area contributed by atoms with E-state index in [1.54, 1.807) is 12.1 Å². The van der Waals surface area contributed by atoms with Crippen LogP contribution in [-0.2, 0) is 6.61 Å². The molecule has 160 valence electrons. The van der Waals surface area contributed by atoms with Crippen molar-refractivity contribution in [3.05, 3.63) is 64.3 Å². The van der Waals surface area contributed by atoms with Gasteiger partial charge in [-0.05, 0) is 61.1 Å². The number of furan rings is 1. The van der Waals surface area contributed by atoms with Gasteiger partial charge in [0.1, 0.15) is 35.6 Å². The van der Waals surface area contributed by atoms with Gasteiger partial charge in [0.25, 0.3) is 0 Å². The molecular weight excluding hydrogens is 431 g/mol. The lowest BCUT2D eigenvalue weighted by Gasteiger charge is -2.44. The summed E-state index contributed by atoms with van der Waals surface area (Å²) in [5, 5.41) is 38.4. The summed E-state index contributed by atoms with van der Waals surface area (Å²) in [7, 11) is 0. The molecular formula is C24H18ClFN4O2. The molecule has 2 aliphatic rings. The van der Waals surface area contributed by atoms with Gasteiger partial charge in [-0.3, -0.25) is 0 Å². The maximum absolute atomic E-state index is 13.2. The molecule has 1 aromatic carbocycles. The number of allylic oxidation sites excluding steroid dienone is 2. The Morgan fingerprint density at radius 1 is 1.22 bits per heavy atom. The first-order valence-electron chi connectivity index (χ1n) is 10.1. The van der Waals surface area contributed by atoms with Crippen LogP contribution in [0.1, 0.15) is 36.7 Å². The first-order chi connectivity index (χ1) is 15.4. The van der Waals surface area contributed by atoms with E-state index >= 15 is 0 Å². The number of halogens is 2. The van der Waals surface area contributed by atoms with E-state index in [1.165, 1.54) is 12.1 Å². The van der Waals surface area contributed by atoms with Crippen LogP contribution < -0.4 is 4.74 Å². The third kappa shape index (κ3) is 3.44. The molecule has 2 aromatic rings. The molecule has 0 spiro atoms. The summed E-state index contributed by atoms with van der Waals surface area (Å²) in [6, 6.07) is 13.4. The van der Waals surface area contributed by atoms with Crippen LogP contribution in [0.25, 0.3) is 0 Å². The van der Waals surface area contributed by atoms with Crippen molar-refractivity contribution in [2.24, 2.45) is 17.3 Å².